The number of nitrogens with zero attached hydrogens (tertiary/aromatic N) is 1. The molecule has 0 aliphatic carbocycles. The Bertz CT molecular complexity index is 708. The number of para-hydroxylation sites is 1. The van der Waals surface area contributed by atoms with Gasteiger partial charge in [-0.2, -0.15) is 0 Å². The zero-order valence-corrected chi connectivity index (χ0v) is 12.6. The topological polar surface area (TPSA) is 109 Å². The van der Waals surface area contributed by atoms with E-state index in [1.54, 1.807) is 0 Å². The molecule has 1 N–H and O–H groups in total. The maximum atomic E-state index is 12.0. The highest BCUT2D eigenvalue weighted by atomic mass is 32.2. The first-order valence-corrected chi connectivity index (χ1v) is 9.18. The number of hydrogen-bond acceptors (Lipinski definition) is 5. The van der Waals surface area contributed by atoms with E-state index in [1.807, 2.05) is 0 Å². The van der Waals surface area contributed by atoms with E-state index in [0.717, 1.165) is 10.6 Å². The molecule has 0 aliphatic rings. The summed E-state index contributed by atoms with van der Waals surface area (Å²) in [4.78, 5) is 11.1. The Balaban J connectivity index is 3.12. The van der Waals surface area contributed by atoms with Crippen molar-refractivity contribution >= 4 is 31.5 Å². The third kappa shape index (κ3) is 4.20. The first-order chi connectivity index (χ1) is 9.04. The van der Waals surface area contributed by atoms with E-state index in [4.69, 9.17) is 5.11 Å². The molecule has 0 aliphatic heterocycles. The summed E-state index contributed by atoms with van der Waals surface area (Å²) < 4.78 is 46.9. The molecule has 0 spiro atoms. The van der Waals surface area contributed by atoms with Gasteiger partial charge in [-0.05, 0) is 12.1 Å². The lowest BCUT2D eigenvalue weighted by atomic mass is 10.2. The number of sulfone groups is 1. The molecule has 1 rings (SSSR count). The lowest BCUT2D eigenvalue weighted by molar-refractivity contribution is 0.0698. The second-order valence-electron chi connectivity index (χ2n) is 4.24. The van der Waals surface area contributed by atoms with Gasteiger partial charge in [-0.3, -0.25) is 4.31 Å². The SMILES string of the molecule is CN(c1ccccc1C(=O)O)S(=O)(=O)CCS(C)(=O)=O. The van der Waals surface area contributed by atoms with Gasteiger partial charge in [0.05, 0.1) is 22.8 Å². The Labute approximate surface area is 117 Å². The highest BCUT2D eigenvalue weighted by molar-refractivity contribution is 7.95. The molecule has 0 heterocycles. The lowest BCUT2D eigenvalue weighted by Gasteiger charge is -2.20. The molecule has 1 aromatic rings. The standard InChI is InChI=1S/C11H15NO6S2/c1-12(20(17,18)8-7-19(2,15)16)10-6-4-3-5-9(10)11(13)14/h3-6H,7-8H2,1-2H3,(H,13,14). The molecule has 0 amide bonds. The average Bonchev–Trinajstić information content (AvgIpc) is 2.35. The van der Waals surface area contributed by atoms with Crippen LogP contribution in [0.1, 0.15) is 10.4 Å². The van der Waals surface area contributed by atoms with Crippen LogP contribution in [0, 0.1) is 0 Å². The number of sulfonamides is 1. The summed E-state index contributed by atoms with van der Waals surface area (Å²) in [5.41, 5.74) is -0.175. The number of hydrogen-bond donors (Lipinski definition) is 1. The summed E-state index contributed by atoms with van der Waals surface area (Å²) in [5.74, 6) is -2.38. The minimum atomic E-state index is -3.91. The number of anilines is 1. The Morgan fingerprint density at radius 3 is 2.20 bits per heavy atom. The van der Waals surface area contributed by atoms with Gasteiger partial charge in [-0.25, -0.2) is 21.6 Å². The van der Waals surface area contributed by atoms with Crippen molar-refractivity contribution in [1.82, 2.24) is 0 Å². The molecule has 9 heteroatoms. The van der Waals surface area contributed by atoms with Gasteiger partial charge >= 0.3 is 5.97 Å². The quantitative estimate of drug-likeness (QED) is 0.801. The van der Waals surface area contributed by atoms with E-state index in [9.17, 15) is 21.6 Å². The summed E-state index contributed by atoms with van der Waals surface area (Å²) in [7, 11) is -6.14. The molecule has 0 bridgehead atoms. The number of carboxylic acids is 1. The smallest absolute Gasteiger partial charge is 0.337 e. The molecule has 0 fully saturated rings. The van der Waals surface area contributed by atoms with E-state index in [2.05, 4.69) is 0 Å². The Hall–Kier alpha value is -1.61. The molecule has 1 aromatic carbocycles. The van der Waals surface area contributed by atoms with Gasteiger partial charge in [0.1, 0.15) is 9.84 Å². The van der Waals surface area contributed by atoms with Crippen molar-refractivity contribution < 1.29 is 26.7 Å². The zero-order valence-electron chi connectivity index (χ0n) is 11.0. The first-order valence-electron chi connectivity index (χ1n) is 5.51. The maximum Gasteiger partial charge on any atom is 0.337 e. The fourth-order valence-corrected chi connectivity index (χ4v) is 4.26. The number of benzene rings is 1. The predicted octanol–water partition coefficient (Wildman–Crippen LogP) is 0.195. The van der Waals surface area contributed by atoms with Gasteiger partial charge in [0.25, 0.3) is 0 Å². The van der Waals surface area contributed by atoms with E-state index < -0.39 is 37.3 Å². The minimum Gasteiger partial charge on any atom is -0.478 e. The van der Waals surface area contributed by atoms with Gasteiger partial charge in [0, 0.05) is 13.3 Å². The van der Waals surface area contributed by atoms with Crippen LogP contribution in [0.4, 0.5) is 5.69 Å². The van der Waals surface area contributed by atoms with Crippen molar-refractivity contribution in [3.05, 3.63) is 29.8 Å². The second-order valence-corrected chi connectivity index (χ2v) is 8.62. The molecule has 0 atom stereocenters. The number of aromatic carboxylic acids is 1. The Morgan fingerprint density at radius 2 is 1.70 bits per heavy atom. The Morgan fingerprint density at radius 1 is 1.15 bits per heavy atom. The van der Waals surface area contributed by atoms with Crippen molar-refractivity contribution in [1.29, 1.82) is 0 Å². The van der Waals surface area contributed by atoms with Gasteiger partial charge in [-0.1, -0.05) is 12.1 Å². The first kappa shape index (κ1) is 16.4. The van der Waals surface area contributed by atoms with Crippen molar-refractivity contribution in [2.75, 3.05) is 29.1 Å². The highest BCUT2D eigenvalue weighted by Gasteiger charge is 2.24. The Kier molecular flexibility index (Phi) is 4.77. The summed E-state index contributed by atoms with van der Waals surface area (Å²) in [6, 6.07) is 5.61. The number of carbonyl (C=O) groups is 1. The predicted molar refractivity (Wildman–Crippen MR) is 75.3 cm³/mol. The van der Waals surface area contributed by atoms with E-state index >= 15 is 0 Å². The van der Waals surface area contributed by atoms with Crippen LogP contribution >= 0.6 is 0 Å². The van der Waals surface area contributed by atoms with E-state index in [-0.39, 0.29) is 11.3 Å². The summed E-state index contributed by atoms with van der Waals surface area (Å²) in [6.45, 7) is 0. The third-order valence-corrected chi connectivity index (χ3v) is 5.56. The second kappa shape index (κ2) is 5.80. The van der Waals surface area contributed by atoms with Crippen LogP contribution in [-0.4, -0.2) is 52.7 Å². The van der Waals surface area contributed by atoms with Gasteiger partial charge in [0.15, 0.2) is 0 Å². The van der Waals surface area contributed by atoms with Crippen LogP contribution < -0.4 is 4.31 Å². The summed E-state index contributed by atoms with van der Waals surface area (Å²) in [5, 5.41) is 9.02. The fourth-order valence-electron chi connectivity index (χ4n) is 1.47. The van der Waals surface area contributed by atoms with Crippen molar-refractivity contribution in [3.63, 3.8) is 0 Å². The van der Waals surface area contributed by atoms with Crippen LogP contribution in [0.25, 0.3) is 0 Å². The molecule has 0 saturated heterocycles. The molecule has 7 nitrogen and oxygen atoms in total. The monoisotopic (exact) mass is 321 g/mol. The molecule has 112 valence electrons. The molecule has 0 radical (unpaired) electrons. The van der Waals surface area contributed by atoms with Crippen LogP contribution in [0.2, 0.25) is 0 Å². The van der Waals surface area contributed by atoms with E-state index in [1.165, 1.54) is 31.3 Å². The fraction of sp³-hybridized carbons (Fsp3) is 0.364. The number of rotatable bonds is 6. The average molecular weight is 321 g/mol. The van der Waals surface area contributed by atoms with Crippen LogP contribution in [0.5, 0.6) is 0 Å². The molecular weight excluding hydrogens is 306 g/mol. The molecule has 0 saturated carbocycles. The van der Waals surface area contributed by atoms with Crippen LogP contribution in [-0.2, 0) is 19.9 Å². The third-order valence-electron chi connectivity index (χ3n) is 2.60. The zero-order chi connectivity index (χ0) is 15.6. The lowest BCUT2D eigenvalue weighted by Crippen LogP contribution is -2.32. The van der Waals surface area contributed by atoms with E-state index in [0.29, 0.717) is 0 Å². The maximum absolute atomic E-state index is 12.0. The van der Waals surface area contributed by atoms with Gasteiger partial charge in [-0.15, -0.1) is 0 Å². The summed E-state index contributed by atoms with van der Waals surface area (Å²) in [6.07, 6.45) is 0.938. The largest absolute Gasteiger partial charge is 0.478 e. The van der Waals surface area contributed by atoms with Crippen LogP contribution in [0.3, 0.4) is 0 Å². The van der Waals surface area contributed by atoms with Crippen LogP contribution in [0.15, 0.2) is 24.3 Å². The molecule has 0 unspecified atom stereocenters. The number of carboxylic acid groups (broad SMARTS) is 1. The normalized spacial score (nSPS) is 12.1. The molecule has 20 heavy (non-hydrogen) atoms. The van der Waals surface area contributed by atoms with Gasteiger partial charge in [0.2, 0.25) is 10.0 Å². The van der Waals surface area contributed by atoms with Gasteiger partial charge < -0.3 is 5.11 Å². The summed E-state index contributed by atoms with van der Waals surface area (Å²) >= 11 is 0. The van der Waals surface area contributed by atoms with Crippen molar-refractivity contribution in [3.8, 4) is 0 Å². The minimum absolute atomic E-state index is 0.00602. The molecular formula is C11H15NO6S2. The molecule has 0 aromatic heterocycles. The van der Waals surface area contributed by atoms with Crippen molar-refractivity contribution in [2.24, 2.45) is 0 Å². The van der Waals surface area contributed by atoms with Crippen molar-refractivity contribution in [2.45, 2.75) is 0 Å². The highest BCUT2D eigenvalue weighted by Crippen LogP contribution is 2.22.